The van der Waals surface area contributed by atoms with Crippen molar-refractivity contribution in [3.8, 4) is 17.0 Å². The van der Waals surface area contributed by atoms with Crippen LogP contribution in [0.5, 0.6) is 5.88 Å². The number of methoxy groups -OCH3 is 1. The molecule has 0 fully saturated rings. The van der Waals surface area contributed by atoms with E-state index in [2.05, 4.69) is 4.98 Å². The number of allylic oxidation sites excluding steroid dienone is 1. The predicted molar refractivity (Wildman–Crippen MR) is 108 cm³/mol. The van der Waals surface area contributed by atoms with E-state index in [0.29, 0.717) is 22.7 Å². The van der Waals surface area contributed by atoms with Gasteiger partial charge in [-0.1, -0.05) is 19.1 Å². The van der Waals surface area contributed by atoms with Gasteiger partial charge >= 0.3 is 5.97 Å². The van der Waals surface area contributed by atoms with Crippen molar-refractivity contribution < 1.29 is 18.7 Å². The van der Waals surface area contributed by atoms with Gasteiger partial charge in [0.1, 0.15) is 12.4 Å². The third kappa shape index (κ3) is 4.88. The normalized spacial score (nSPS) is 12.0. The molecular weight excluding hydrogens is 359 g/mol. The Kier molecular flexibility index (Phi) is 6.78. The lowest BCUT2D eigenvalue weighted by Crippen LogP contribution is -2.32. The zero-order valence-electron chi connectivity index (χ0n) is 17.0. The number of benzene rings is 1. The number of aryl methyl sites for hydroxylation is 1. The molecule has 2 aromatic rings. The fraction of sp³-hybridized carbons (Fsp3) is 0.364. The standard InChI is InChI=1S/C22H27FN2O3/c1-6-7-19(24)16-9-8-15(11-18(16)23)17-12-25-20(10-14(17)2)28-13-22(3,4)21(26)27-5/h7-12H,6,13,24H2,1-5H3/b19-7+. The molecule has 0 saturated heterocycles. The van der Waals surface area contributed by atoms with E-state index in [9.17, 15) is 9.18 Å². The highest BCUT2D eigenvalue weighted by Crippen LogP contribution is 2.28. The smallest absolute Gasteiger partial charge is 0.314 e. The Morgan fingerprint density at radius 3 is 2.61 bits per heavy atom. The first-order chi connectivity index (χ1) is 13.2. The lowest BCUT2D eigenvalue weighted by atomic mass is 9.95. The number of ether oxygens (including phenoxy) is 2. The topological polar surface area (TPSA) is 74.4 Å². The average molecular weight is 386 g/mol. The highest BCUT2D eigenvalue weighted by atomic mass is 19.1. The number of halogens is 1. The molecule has 0 amide bonds. The molecule has 150 valence electrons. The first kappa shape index (κ1) is 21.4. The summed E-state index contributed by atoms with van der Waals surface area (Å²) in [5, 5.41) is 0. The minimum Gasteiger partial charge on any atom is -0.476 e. The molecule has 1 heterocycles. The van der Waals surface area contributed by atoms with Crippen LogP contribution in [0.4, 0.5) is 4.39 Å². The SMILES string of the molecule is CC/C=C(/N)c1ccc(-c2cnc(OCC(C)(C)C(=O)OC)cc2C)cc1F. The predicted octanol–water partition coefficient (Wildman–Crippen LogP) is 4.48. The Balaban J connectivity index is 2.22. The Bertz CT molecular complexity index is 891. The van der Waals surface area contributed by atoms with Crippen LogP contribution in [0.3, 0.4) is 0 Å². The number of carbonyl (C=O) groups is 1. The summed E-state index contributed by atoms with van der Waals surface area (Å²) < 4.78 is 24.9. The van der Waals surface area contributed by atoms with E-state index in [1.54, 1.807) is 38.3 Å². The fourth-order valence-corrected chi connectivity index (χ4v) is 2.75. The van der Waals surface area contributed by atoms with Gasteiger partial charge in [-0.3, -0.25) is 4.79 Å². The van der Waals surface area contributed by atoms with Gasteiger partial charge < -0.3 is 15.2 Å². The summed E-state index contributed by atoms with van der Waals surface area (Å²) in [6.45, 7) is 7.46. The van der Waals surface area contributed by atoms with Crippen molar-refractivity contribution in [3.05, 3.63) is 53.5 Å². The highest BCUT2D eigenvalue weighted by Gasteiger charge is 2.30. The summed E-state index contributed by atoms with van der Waals surface area (Å²) in [6, 6.07) is 6.71. The summed E-state index contributed by atoms with van der Waals surface area (Å²) in [7, 11) is 1.34. The van der Waals surface area contributed by atoms with Gasteiger partial charge in [0.25, 0.3) is 0 Å². The van der Waals surface area contributed by atoms with E-state index in [4.69, 9.17) is 15.2 Å². The number of nitrogens with zero attached hydrogens (tertiary/aromatic N) is 1. The van der Waals surface area contributed by atoms with Gasteiger partial charge in [0.2, 0.25) is 5.88 Å². The summed E-state index contributed by atoms with van der Waals surface area (Å²) in [4.78, 5) is 16.0. The van der Waals surface area contributed by atoms with Gasteiger partial charge in [-0.05, 0) is 50.5 Å². The molecule has 6 heteroatoms. The molecule has 0 unspecified atom stereocenters. The number of pyridine rings is 1. The molecule has 0 atom stereocenters. The molecule has 28 heavy (non-hydrogen) atoms. The van der Waals surface area contributed by atoms with Gasteiger partial charge in [-0.15, -0.1) is 0 Å². The number of hydrogen-bond acceptors (Lipinski definition) is 5. The van der Waals surface area contributed by atoms with Gasteiger partial charge in [-0.25, -0.2) is 9.37 Å². The number of carbonyl (C=O) groups excluding carboxylic acids is 1. The Morgan fingerprint density at radius 2 is 2.04 bits per heavy atom. The number of aromatic nitrogens is 1. The van der Waals surface area contributed by atoms with E-state index >= 15 is 0 Å². The van der Waals surface area contributed by atoms with Crippen molar-refractivity contribution in [2.24, 2.45) is 11.1 Å². The molecule has 0 radical (unpaired) electrons. The lowest BCUT2D eigenvalue weighted by Gasteiger charge is -2.21. The zero-order valence-corrected chi connectivity index (χ0v) is 17.0. The van der Waals surface area contributed by atoms with E-state index in [0.717, 1.165) is 17.5 Å². The van der Waals surface area contributed by atoms with Crippen LogP contribution in [-0.2, 0) is 9.53 Å². The summed E-state index contributed by atoms with van der Waals surface area (Å²) in [5.41, 5.74) is 8.32. The first-order valence-corrected chi connectivity index (χ1v) is 9.13. The van der Waals surface area contributed by atoms with Gasteiger partial charge in [0.15, 0.2) is 0 Å². The number of rotatable bonds is 7. The van der Waals surface area contributed by atoms with E-state index < -0.39 is 5.41 Å². The van der Waals surface area contributed by atoms with E-state index in [1.807, 2.05) is 19.9 Å². The van der Waals surface area contributed by atoms with Crippen molar-refractivity contribution in [2.45, 2.75) is 34.1 Å². The maximum Gasteiger partial charge on any atom is 0.314 e. The summed E-state index contributed by atoms with van der Waals surface area (Å²) >= 11 is 0. The molecule has 2 rings (SSSR count). The molecular formula is C22H27FN2O3. The van der Waals surface area contributed by atoms with Crippen LogP contribution < -0.4 is 10.5 Å². The lowest BCUT2D eigenvalue weighted by molar-refractivity contribution is -0.152. The fourth-order valence-electron chi connectivity index (χ4n) is 2.75. The van der Waals surface area contributed by atoms with Crippen molar-refractivity contribution >= 4 is 11.7 Å². The van der Waals surface area contributed by atoms with Crippen LogP contribution in [0, 0.1) is 18.2 Å². The Morgan fingerprint density at radius 1 is 1.32 bits per heavy atom. The first-order valence-electron chi connectivity index (χ1n) is 9.13. The van der Waals surface area contributed by atoms with Crippen molar-refractivity contribution in [1.29, 1.82) is 0 Å². The molecule has 0 saturated carbocycles. The second-order valence-electron chi connectivity index (χ2n) is 7.26. The Labute approximate surface area is 165 Å². The molecule has 0 spiro atoms. The molecule has 1 aromatic heterocycles. The number of esters is 1. The van der Waals surface area contributed by atoms with E-state index in [-0.39, 0.29) is 18.4 Å². The Hall–Kier alpha value is -2.89. The summed E-state index contributed by atoms with van der Waals surface area (Å²) in [5.74, 6) is -0.336. The molecule has 0 aliphatic carbocycles. The monoisotopic (exact) mass is 386 g/mol. The molecule has 5 nitrogen and oxygen atoms in total. The maximum atomic E-state index is 14.5. The molecule has 2 N–H and O–H groups in total. The van der Waals surface area contributed by atoms with Crippen LogP contribution in [-0.4, -0.2) is 24.7 Å². The quantitative estimate of drug-likeness (QED) is 0.710. The van der Waals surface area contributed by atoms with Crippen molar-refractivity contribution in [1.82, 2.24) is 4.98 Å². The van der Waals surface area contributed by atoms with E-state index in [1.165, 1.54) is 13.2 Å². The van der Waals surface area contributed by atoms with Crippen LogP contribution in [0.2, 0.25) is 0 Å². The third-order valence-corrected chi connectivity index (χ3v) is 4.42. The van der Waals surface area contributed by atoms with Gasteiger partial charge in [0.05, 0.1) is 12.5 Å². The van der Waals surface area contributed by atoms with Crippen molar-refractivity contribution in [3.63, 3.8) is 0 Å². The number of hydrogen-bond donors (Lipinski definition) is 1. The van der Waals surface area contributed by atoms with Crippen LogP contribution in [0.25, 0.3) is 16.8 Å². The van der Waals surface area contributed by atoms with Crippen LogP contribution in [0.15, 0.2) is 36.5 Å². The highest BCUT2D eigenvalue weighted by molar-refractivity contribution is 5.76. The molecule has 0 aliphatic heterocycles. The van der Waals surface area contributed by atoms with Gasteiger partial charge in [-0.2, -0.15) is 0 Å². The maximum absolute atomic E-state index is 14.5. The zero-order chi connectivity index (χ0) is 20.9. The number of nitrogens with two attached hydrogens (primary N) is 1. The molecule has 1 aromatic carbocycles. The minimum atomic E-state index is -0.784. The minimum absolute atomic E-state index is 0.137. The van der Waals surface area contributed by atoms with Crippen molar-refractivity contribution in [2.75, 3.05) is 13.7 Å². The van der Waals surface area contributed by atoms with Crippen LogP contribution >= 0.6 is 0 Å². The average Bonchev–Trinajstić information content (AvgIpc) is 2.65. The summed E-state index contributed by atoms with van der Waals surface area (Å²) in [6.07, 6.45) is 4.16. The third-order valence-electron chi connectivity index (χ3n) is 4.42. The second-order valence-corrected chi connectivity index (χ2v) is 7.26. The second kappa shape index (κ2) is 8.87. The molecule has 0 bridgehead atoms. The van der Waals surface area contributed by atoms with Crippen LogP contribution in [0.1, 0.15) is 38.3 Å². The molecule has 0 aliphatic rings. The largest absolute Gasteiger partial charge is 0.476 e. The van der Waals surface area contributed by atoms with Gasteiger partial charge in [0, 0.05) is 29.1 Å².